The molecule has 2 aromatic rings. The van der Waals surface area contributed by atoms with E-state index in [1.807, 2.05) is 34.7 Å². The van der Waals surface area contributed by atoms with Gasteiger partial charge < -0.3 is 9.73 Å². The van der Waals surface area contributed by atoms with Crippen LogP contribution in [0.15, 0.2) is 50.9 Å². The van der Waals surface area contributed by atoms with Gasteiger partial charge in [0.1, 0.15) is 17.4 Å². The van der Waals surface area contributed by atoms with E-state index in [0.29, 0.717) is 15.2 Å². The molecule has 0 saturated heterocycles. The molecule has 1 heterocycles. The summed E-state index contributed by atoms with van der Waals surface area (Å²) in [6.07, 6.45) is 1.41. The molecule has 0 saturated carbocycles. The van der Waals surface area contributed by atoms with Crippen molar-refractivity contribution in [3.63, 3.8) is 0 Å². The van der Waals surface area contributed by atoms with Crippen molar-refractivity contribution in [3.05, 3.63) is 56.0 Å². The van der Waals surface area contributed by atoms with E-state index in [4.69, 9.17) is 9.68 Å². The molecule has 1 aromatic heterocycles. The van der Waals surface area contributed by atoms with Gasteiger partial charge >= 0.3 is 0 Å². The van der Waals surface area contributed by atoms with E-state index in [0.717, 1.165) is 4.47 Å². The van der Waals surface area contributed by atoms with E-state index in [9.17, 15) is 4.79 Å². The molecule has 0 aliphatic carbocycles. The van der Waals surface area contributed by atoms with E-state index in [-0.39, 0.29) is 5.57 Å². The third-order valence-corrected chi connectivity index (χ3v) is 4.48. The first-order valence-electron chi connectivity index (χ1n) is 5.53. The third kappa shape index (κ3) is 3.71. The Hall–Kier alpha value is -1.59. The van der Waals surface area contributed by atoms with E-state index < -0.39 is 5.91 Å². The van der Waals surface area contributed by atoms with Crippen LogP contribution in [0.4, 0.5) is 5.69 Å². The molecule has 4 nitrogen and oxygen atoms in total. The molecule has 0 bridgehead atoms. The number of nitrogens with one attached hydrogen (secondary N) is 1. The lowest BCUT2D eigenvalue weighted by Crippen LogP contribution is -2.13. The predicted octanol–water partition coefficient (Wildman–Crippen LogP) is 4.19. The topological polar surface area (TPSA) is 66.0 Å². The van der Waals surface area contributed by atoms with Crippen molar-refractivity contribution >= 4 is 56.2 Å². The van der Waals surface area contributed by atoms with Crippen LogP contribution in [0.5, 0.6) is 0 Å². The van der Waals surface area contributed by atoms with Crippen molar-refractivity contribution < 1.29 is 9.21 Å². The fourth-order valence-electron chi connectivity index (χ4n) is 1.45. The Morgan fingerprint density at radius 3 is 2.65 bits per heavy atom. The molecule has 0 radical (unpaired) electrons. The van der Waals surface area contributed by atoms with Gasteiger partial charge in [-0.05, 0) is 34.1 Å². The summed E-state index contributed by atoms with van der Waals surface area (Å²) in [5.41, 5.74) is 0.611. The molecule has 1 N–H and O–H groups in total. The first kappa shape index (κ1) is 14.8. The molecular weight excluding hydrogens is 435 g/mol. The number of hydrogen-bond acceptors (Lipinski definition) is 3. The quantitative estimate of drug-likeness (QED) is 0.440. The van der Waals surface area contributed by atoms with Gasteiger partial charge in [-0.3, -0.25) is 4.79 Å². The minimum atomic E-state index is -0.471. The molecule has 0 spiro atoms. The third-order valence-electron chi connectivity index (χ3n) is 2.35. The average molecular weight is 443 g/mol. The van der Waals surface area contributed by atoms with Gasteiger partial charge in [0, 0.05) is 34.4 Å². The van der Waals surface area contributed by atoms with Crippen molar-refractivity contribution in [2.45, 2.75) is 0 Å². The van der Waals surface area contributed by atoms with Gasteiger partial charge in [0.2, 0.25) is 0 Å². The molecule has 0 aliphatic rings. The Morgan fingerprint density at radius 2 is 2.10 bits per heavy atom. The monoisotopic (exact) mass is 442 g/mol. The number of para-hydroxylation sites is 1. The van der Waals surface area contributed by atoms with Crippen LogP contribution in [0.25, 0.3) is 6.08 Å². The number of nitriles is 1. The van der Waals surface area contributed by atoms with Crippen LogP contribution in [0.1, 0.15) is 5.76 Å². The van der Waals surface area contributed by atoms with Crippen molar-refractivity contribution in [2.75, 3.05) is 5.32 Å². The van der Waals surface area contributed by atoms with Gasteiger partial charge in [0.25, 0.3) is 5.91 Å². The van der Waals surface area contributed by atoms with Gasteiger partial charge in [-0.15, -0.1) is 0 Å². The zero-order valence-corrected chi connectivity index (χ0v) is 13.8. The molecule has 0 fully saturated rings. The Kier molecular flexibility index (Phi) is 4.98. The van der Waals surface area contributed by atoms with Crippen molar-refractivity contribution in [1.82, 2.24) is 0 Å². The first-order valence-corrected chi connectivity index (χ1v) is 7.40. The van der Waals surface area contributed by atoms with Gasteiger partial charge in [0.05, 0.1) is 4.47 Å². The average Bonchev–Trinajstić information content (AvgIpc) is 2.76. The van der Waals surface area contributed by atoms with Gasteiger partial charge in [-0.2, -0.15) is 5.26 Å². The highest BCUT2D eigenvalue weighted by Gasteiger charge is 2.11. The molecule has 0 aliphatic heterocycles. The largest absolute Gasteiger partial charge is 0.450 e. The summed E-state index contributed by atoms with van der Waals surface area (Å²) in [6, 6.07) is 12.5. The fraction of sp³-hybridized carbons (Fsp3) is 0. The van der Waals surface area contributed by atoms with Gasteiger partial charge in [0.15, 0.2) is 3.77 Å². The maximum atomic E-state index is 12.0. The van der Waals surface area contributed by atoms with E-state index in [1.54, 1.807) is 30.3 Å². The lowest BCUT2D eigenvalue weighted by atomic mass is 10.2. The number of carbonyl (C=O) groups excluding carboxylic acids is 1. The fourth-order valence-corrected chi connectivity index (χ4v) is 2.16. The first-order chi connectivity index (χ1) is 9.60. The number of furan rings is 1. The predicted molar refractivity (Wildman–Crippen MR) is 87.8 cm³/mol. The van der Waals surface area contributed by atoms with Crippen LogP contribution in [-0.4, -0.2) is 5.91 Å². The lowest BCUT2D eigenvalue weighted by Gasteiger charge is -2.02. The van der Waals surface area contributed by atoms with Crippen LogP contribution in [-0.2, 0) is 4.79 Å². The second kappa shape index (κ2) is 6.72. The van der Waals surface area contributed by atoms with Crippen molar-refractivity contribution in [3.8, 4) is 6.07 Å². The highest BCUT2D eigenvalue weighted by molar-refractivity contribution is 14.1. The highest BCUT2D eigenvalue weighted by atomic mass is 127. The number of carbonyl (C=O) groups is 1. The van der Waals surface area contributed by atoms with Crippen LogP contribution in [0.2, 0.25) is 0 Å². The number of rotatable bonds is 3. The Morgan fingerprint density at radius 1 is 1.40 bits per heavy atom. The summed E-state index contributed by atoms with van der Waals surface area (Å²) >= 11 is 5.32. The summed E-state index contributed by atoms with van der Waals surface area (Å²) in [4.78, 5) is 12.0. The molecule has 20 heavy (non-hydrogen) atoms. The molecule has 6 heteroatoms. The lowest BCUT2D eigenvalue weighted by molar-refractivity contribution is -0.112. The normalized spacial score (nSPS) is 10.9. The zero-order valence-electron chi connectivity index (χ0n) is 10.1. The van der Waals surface area contributed by atoms with E-state index in [2.05, 4.69) is 21.2 Å². The van der Waals surface area contributed by atoms with Crippen LogP contribution < -0.4 is 5.32 Å². The van der Waals surface area contributed by atoms with E-state index >= 15 is 0 Å². The molecule has 1 aromatic carbocycles. The SMILES string of the molecule is N#CC(=Cc1cc(Br)c(I)o1)C(=O)Nc1ccccc1. The number of hydrogen-bond donors (Lipinski definition) is 1. The number of amides is 1. The van der Waals surface area contributed by atoms with Crippen LogP contribution in [0.3, 0.4) is 0 Å². The Labute approximate surface area is 137 Å². The number of halogens is 2. The summed E-state index contributed by atoms with van der Waals surface area (Å²) in [7, 11) is 0. The molecular formula is C14H8BrIN2O2. The highest BCUT2D eigenvalue weighted by Crippen LogP contribution is 2.24. The molecule has 0 atom stereocenters. The van der Waals surface area contributed by atoms with Crippen molar-refractivity contribution in [1.29, 1.82) is 5.26 Å². The Balaban J connectivity index is 2.20. The molecule has 1 amide bonds. The molecule has 2 rings (SSSR count). The smallest absolute Gasteiger partial charge is 0.266 e. The standard InChI is InChI=1S/C14H8BrIN2O2/c15-12-7-11(20-13(12)16)6-9(8-17)14(19)18-10-4-2-1-3-5-10/h1-7H,(H,18,19). The number of nitrogens with zero attached hydrogens (tertiary/aromatic N) is 1. The van der Waals surface area contributed by atoms with Gasteiger partial charge in [-0.25, -0.2) is 0 Å². The van der Waals surface area contributed by atoms with Crippen LogP contribution >= 0.6 is 38.5 Å². The summed E-state index contributed by atoms with van der Waals surface area (Å²) in [5.74, 6) is -0.0257. The second-order valence-electron chi connectivity index (χ2n) is 3.76. The van der Waals surface area contributed by atoms with Crippen molar-refractivity contribution in [2.24, 2.45) is 0 Å². The zero-order chi connectivity index (χ0) is 14.5. The van der Waals surface area contributed by atoms with Gasteiger partial charge in [-0.1, -0.05) is 18.2 Å². The Bertz CT molecular complexity index is 682. The molecule has 0 unspecified atom stereocenters. The number of anilines is 1. The minimum Gasteiger partial charge on any atom is -0.450 e. The second-order valence-corrected chi connectivity index (χ2v) is 5.59. The maximum absolute atomic E-state index is 12.0. The summed E-state index contributed by atoms with van der Waals surface area (Å²) < 4.78 is 6.82. The minimum absolute atomic E-state index is 0.0218. The maximum Gasteiger partial charge on any atom is 0.266 e. The molecule has 100 valence electrons. The summed E-state index contributed by atoms with van der Waals surface area (Å²) in [5, 5.41) is 11.7. The van der Waals surface area contributed by atoms with Crippen LogP contribution in [0, 0.1) is 15.1 Å². The number of benzene rings is 1. The van der Waals surface area contributed by atoms with E-state index in [1.165, 1.54) is 6.08 Å². The summed E-state index contributed by atoms with van der Waals surface area (Å²) in [6.45, 7) is 0.